The molecule has 0 atom stereocenters. The predicted molar refractivity (Wildman–Crippen MR) is 69.4 cm³/mol. The van der Waals surface area contributed by atoms with Gasteiger partial charge in [-0.15, -0.1) is 0 Å². The number of hydrogen-bond donors (Lipinski definition) is 1. The van der Waals surface area contributed by atoms with Gasteiger partial charge in [0.05, 0.1) is 0 Å². The van der Waals surface area contributed by atoms with E-state index in [1.807, 2.05) is 0 Å². The van der Waals surface area contributed by atoms with E-state index in [0.29, 0.717) is 0 Å². The standard InChI is InChI=1S/C13H30N2/c1-4-7-9-10-14-11-13-15(6-3)12-8-5-2/h14H,4-13H2,1-3H3. The van der Waals surface area contributed by atoms with Gasteiger partial charge in [0, 0.05) is 13.1 Å². The van der Waals surface area contributed by atoms with Crippen LogP contribution in [0.5, 0.6) is 0 Å². The van der Waals surface area contributed by atoms with Crippen molar-refractivity contribution in [1.82, 2.24) is 10.2 Å². The minimum Gasteiger partial charge on any atom is -0.315 e. The van der Waals surface area contributed by atoms with Crippen molar-refractivity contribution in [2.24, 2.45) is 0 Å². The van der Waals surface area contributed by atoms with Gasteiger partial charge in [-0.2, -0.15) is 0 Å². The summed E-state index contributed by atoms with van der Waals surface area (Å²) >= 11 is 0. The van der Waals surface area contributed by atoms with Crippen LogP contribution in [0.4, 0.5) is 0 Å². The van der Waals surface area contributed by atoms with Crippen molar-refractivity contribution in [3.63, 3.8) is 0 Å². The van der Waals surface area contributed by atoms with Gasteiger partial charge >= 0.3 is 0 Å². The average molecular weight is 214 g/mol. The number of hydrogen-bond acceptors (Lipinski definition) is 2. The van der Waals surface area contributed by atoms with Gasteiger partial charge < -0.3 is 10.2 Å². The number of likely N-dealkylation sites (N-methyl/N-ethyl adjacent to an activating group) is 1. The lowest BCUT2D eigenvalue weighted by Gasteiger charge is -2.20. The van der Waals surface area contributed by atoms with E-state index in [-0.39, 0.29) is 0 Å². The van der Waals surface area contributed by atoms with E-state index in [0.717, 1.165) is 6.54 Å². The summed E-state index contributed by atoms with van der Waals surface area (Å²) in [5.74, 6) is 0. The Labute approximate surface area is 96.4 Å². The summed E-state index contributed by atoms with van der Waals surface area (Å²) in [5.41, 5.74) is 0. The molecule has 2 heteroatoms. The number of nitrogens with zero attached hydrogens (tertiary/aromatic N) is 1. The molecule has 0 aromatic rings. The summed E-state index contributed by atoms with van der Waals surface area (Å²) in [5, 5.41) is 3.52. The molecular formula is C13H30N2. The van der Waals surface area contributed by atoms with Crippen LogP contribution in [0.1, 0.15) is 52.9 Å². The first-order valence-corrected chi connectivity index (χ1v) is 6.78. The van der Waals surface area contributed by atoms with Gasteiger partial charge in [-0.25, -0.2) is 0 Å². The SMILES string of the molecule is CCCCCNCCN(CC)CCCC. The van der Waals surface area contributed by atoms with Crippen molar-refractivity contribution in [1.29, 1.82) is 0 Å². The van der Waals surface area contributed by atoms with Crippen LogP contribution in [0.25, 0.3) is 0 Å². The molecule has 0 saturated heterocycles. The number of nitrogens with one attached hydrogen (secondary N) is 1. The molecule has 0 aromatic heterocycles. The molecule has 0 aliphatic rings. The Kier molecular flexibility index (Phi) is 11.9. The fourth-order valence-corrected chi connectivity index (χ4v) is 1.67. The highest BCUT2D eigenvalue weighted by molar-refractivity contribution is 4.57. The molecular weight excluding hydrogens is 184 g/mol. The molecule has 0 unspecified atom stereocenters. The molecule has 0 fully saturated rings. The molecule has 0 bridgehead atoms. The summed E-state index contributed by atoms with van der Waals surface area (Å²) in [7, 11) is 0. The van der Waals surface area contributed by atoms with Crippen LogP contribution < -0.4 is 5.32 Å². The quantitative estimate of drug-likeness (QED) is 0.532. The second-order valence-corrected chi connectivity index (χ2v) is 4.24. The van der Waals surface area contributed by atoms with Gasteiger partial charge in [-0.05, 0) is 32.5 Å². The van der Waals surface area contributed by atoms with Crippen molar-refractivity contribution >= 4 is 0 Å². The minimum atomic E-state index is 1.15. The van der Waals surface area contributed by atoms with E-state index in [1.165, 1.54) is 58.3 Å². The van der Waals surface area contributed by atoms with Crippen molar-refractivity contribution in [2.75, 3.05) is 32.7 Å². The maximum absolute atomic E-state index is 3.52. The zero-order valence-electron chi connectivity index (χ0n) is 11.0. The average Bonchev–Trinajstić information content (AvgIpc) is 2.27. The molecule has 0 radical (unpaired) electrons. The highest BCUT2D eigenvalue weighted by atomic mass is 15.1. The van der Waals surface area contributed by atoms with Crippen molar-refractivity contribution in [3.8, 4) is 0 Å². The largest absolute Gasteiger partial charge is 0.315 e. The Hall–Kier alpha value is -0.0800. The van der Waals surface area contributed by atoms with E-state index >= 15 is 0 Å². The summed E-state index contributed by atoms with van der Waals surface area (Å²) in [6, 6.07) is 0. The predicted octanol–water partition coefficient (Wildman–Crippen LogP) is 2.89. The van der Waals surface area contributed by atoms with Crippen LogP contribution in [-0.4, -0.2) is 37.6 Å². The van der Waals surface area contributed by atoms with Crippen LogP contribution in [0.2, 0.25) is 0 Å². The second kappa shape index (κ2) is 12.0. The van der Waals surface area contributed by atoms with Crippen molar-refractivity contribution in [2.45, 2.75) is 52.9 Å². The molecule has 0 aromatic carbocycles. The molecule has 0 heterocycles. The monoisotopic (exact) mass is 214 g/mol. The first kappa shape index (κ1) is 14.9. The van der Waals surface area contributed by atoms with Gasteiger partial charge in [0.15, 0.2) is 0 Å². The van der Waals surface area contributed by atoms with E-state index in [4.69, 9.17) is 0 Å². The fraction of sp³-hybridized carbons (Fsp3) is 1.00. The van der Waals surface area contributed by atoms with Crippen molar-refractivity contribution < 1.29 is 0 Å². The topological polar surface area (TPSA) is 15.3 Å². The highest BCUT2D eigenvalue weighted by Crippen LogP contribution is 1.94. The molecule has 0 amide bonds. The second-order valence-electron chi connectivity index (χ2n) is 4.24. The van der Waals surface area contributed by atoms with Crippen LogP contribution in [-0.2, 0) is 0 Å². The Balaban J connectivity index is 3.22. The normalized spacial score (nSPS) is 11.2. The lowest BCUT2D eigenvalue weighted by molar-refractivity contribution is 0.282. The first-order chi connectivity index (χ1) is 7.35. The minimum absolute atomic E-state index is 1.15. The molecule has 92 valence electrons. The molecule has 1 N–H and O–H groups in total. The molecule has 0 rings (SSSR count). The lowest BCUT2D eigenvalue weighted by atomic mass is 10.2. The molecule has 0 aliphatic heterocycles. The zero-order chi connectivity index (χ0) is 11.4. The summed E-state index contributed by atoms with van der Waals surface area (Å²) in [6.07, 6.45) is 6.65. The van der Waals surface area contributed by atoms with Crippen LogP contribution in [0, 0.1) is 0 Å². The van der Waals surface area contributed by atoms with Crippen LogP contribution in [0.15, 0.2) is 0 Å². The van der Waals surface area contributed by atoms with Gasteiger partial charge in [-0.3, -0.25) is 0 Å². The summed E-state index contributed by atoms with van der Waals surface area (Å²) in [6.45, 7) is 12.8. The summed E-state index contributed by atoms with van der Waals surface area (Å²) in [4.78, 5) is 2.54. The Morgan fingerprint density at radius 1 is 0.800 bits per heavy atom. The summed E-state index contributed by atoms with van der Waals surface area (Å²) < 4.78 is 0. The molecule has 0 aliphatic carbocycles. The van der Waals surface area contributed by atoms with Gasteiger partial charge in [0.2, 0.25) is 0 Å². The third kappa shape index (κ3) is 10.2. The number of unbranched alkanes of at least 4 members (excludes halogenated alkanes) is 3. The third-order valence-corrected chi connectivity index (χ3v) is 2.84. The maximum atomic E-state index is 3.52. The first-order valence-electron chi connectivity index (χ1n) is 6.78. The fourth-order valence-electron chi connectivity index (χ4n) is 1.67. The molecule has 0 spiro atoms. The lowest BCUT2D eigenvalue weighted by Crippen LogP contribution is -2.33. The number of rotatable bonds is 11. The van der Waals surface area contributed by atoms with Gasteiger partial charge in [0.25, 0.3) is 0 Å². The van der Waals surface area contributed by atoms with Crippen LogP contribution in [0.3, 0.4) is 0 Å². The van der Waals surface area contributed by atoms with E-state index in [2.05, 4.69) is 31.0 Å². The smallest absolute Gasteiger partial charge is 0.0107 e. The van der Waals surface area contributed by atoms with Gasteiger partial charge in [0.1, 0.15) is 0 Å². The van der Waals surface area contributed by atoms with Crippen LogP contribution >= 0.6 is 0 Å². The van der Waals surface area contributed by atoms with Crippen molar-refractivity contribution in [3.05, 3.63) is 0 Å². The maximum Gasteiger partial charge on any atom is 0.0107 e. The Morgan fingerprint density at radius 2 is 1.53 bits per heavy atom. The molecule has 15 heavy (non-hydrogen) atoms. The molecule has 0 saturated carbocycles. The Morgan fingerprint density at radius 3 is 2.13 bits per heavy atom. The van der Waals surface area contributed by atoms with Gasteiger partial charge in [-0.1, -0.05) is 40.0 Å². The third-order valence-electron chi connectivity index (χ3n) is 2.84. The molecule has 2 nitrogen and oxygen atoms in total. The van der Waals surface area contributed by atoms with E-state index < -0.39 is 0 Å². The Bertz CT molecular complexity index is 115. The highest BCUT2D eigenvalue weighted by Gasteiger charge is 1.99. The van der Waals surface area contributed by atoms with E-state index in [9.17, 15) is 0 Å². The zero-order valence-corrected chi connectivity index (χ0v) is 11.0. The van der Waals surface area contributed by atoms with E-state index in [1.54, 1.807) is 0 Å².